The van der Waals surface area contributed by atoms with Gasteiger partial charge in [0, 0.05) is 44.7 Å². The molecule has 200 valence electrons. The lowest BCUT2D eigenvalue weighted by atomic mass is 10.1. The lowest BCUT2D eigenvalue weighted by molar-refractivity contribution is -0.144. The van der Waals surface area contributed by atoms with Gasteiger partial charge in [0.25, 0.3) is 5.91 Å². The molecule has 2 amide bonds. The molecule has 4 rings (SSSR count). The quantitative estimate of drug-likeness (QED) is 0.596. The number of anilines is 2. The molecule has 37 heavy (non-hydrogen) atoms. The number of hydrogen-bond acceptors (Lipinski definition) is 7. The molecule has 0 unspecified atom stereocenters. The average Bonchev–Trinajstić information content (AvgIpc) is 3.19. The molecule has 2 aliphatic rings. The Kier molecular flexibility index (Phi) is 7.47. The molecule has 3 heterocycles. The largest absolute Gasteiger partial charge is 0.494 e. The summed E-state index contributed by atoms with van der Waals surface area (Å²) < 4.78 is 48.2. The first kappa shape index (κ1) is 26.5. The lowest BCUT2D eigenvalue weighted by Crippen LogP contribution is -2.48. The smallest absolute Gasteiger partial charge is 0.412 e. The number of carbonyl (C=O) groups excluding carboxylic acids is 2. The highest BCUT2D eigenvalue weighted by atomic mass is 19.4. The number of ether oxygens (including phenoxy) is 1. The third-order valence-corrected chi connectivity index (χ3v) is 6.55. The Balaban J connectivity index is 1.72. The van der Waals surface area contributed by atoms with Crippen LogP contribution in [0.4, 0.5) is 24.9 Å². The van der Waals surface area contributed by atoms with Crippen molar-refractivity contribution in [1.29, 1.82) is 0 Å². The Morgan fingerprint density at radius 3 is 2.30 bits per heavy atom. The van der Waals surface area contributed by atoms with Crippen molar-refractivity contribution in [3.05, 3.63) is 41.1 Å². The fraction of sp³-hybridized carbons (Fsp3) is 0.520. The van der Waals surface area contributed by atoms with E-state index >= 15 is 0 Å². The molecule has 1 aromatic heterocycles. The van der Waals surface area contributed by atoms with Gasteiger partial charge in [-0.25, -0.2) is 4.98 Å². The van der Waals surface area contributed by atoms with E-state index < -0.39 is 12.2 Å². The van der Waals surface area contributed by atoms with Gasteiger partial charge in [0.2, 0.25) is 11.9 Å². The summed E-state index contributed by atoms with van der Waals surface area (Å²) in [7, 11) is 0. The van der Waals surface area contributed by atoms with E-state index in [4.69, 9.17) is 4.74 Å². The van der Waals surface area contributed by atoms with Crippen LogP contribution in [0.5, 0.6) is 5.75 Å². The second-order valence-corrected chi connectivity index (χ2v) is 9.34. The number of benzene rings is 1. The Morgan fingerprint density at radius 2 is 1.76 bits per heavy atom. The highest BCUT2D eigenvalue weighted by Gasteiger charge is 2.43. The van der Waals surface area contributed by atoms with Gasteiger partial charge in [0.15, 0.2) is 0 Å². The molecule has 0 aliphatic carbocycles. The van der Waals surface area contributed by atoms with Crippen LogP contribution in [0, 0.1) is 0 Å². The summed E-state index contributed by atoms with van der Waals surface area (Å²) in [5.41, 5.74) is 0.429. The molecule has 12 heteroatoms. The van der Waals surface area contributed by atoms with Gasteiger partial charge in [-0.15, -0.1) is 0 Å². The predicted molar refractivity (Wildman–Crippen MR) is 132 cm³/mol. The first-order valence-corrected chi connectivity index (χ1v) is 12.3. The minimum Gasteiger partial charge on any atom is -0.494 e. The molecule has 0 bridgehead atoms. The van der Waals surface area contributed by atoms with E-state index in [9.17, 15) is 22.8 Å². The van der Waals surface area contributed by atoms with E-state index in [1.807, 2.05) is 13.8 Å². The Bertz CT molecular complexity index is 1150. The minimum atomic E-state index is -4.64. The normalized spacial score (nSPS) is 16.8. The van der Waals surface area contributed by atoms with Crippen molar-refractivity contribution in [1.82, 2.24) is 19.8 Å². The van der Waals surface area contributed by atoms with Crippen LogP contribution in [0.25, 0.3) is 0 Å². The summed E-state index contributed by atoms with van der Waals surface area (Å²) in [6.07, 6.45) is -4.64. The third kappa shape index (κ3) is 5.57. The monoisotopic (exact) mass is 520 g/mol. The summed E-state index contributed by atoms with van der Waals surface area (Å²) in [6, 6.07) is 3.49. The third-order valence-electron chi connectivity index (χ3n) is 6.55. The molecule has 9 nitrogen and oxygen atoms in total. The van der Waals surface area contributed by atoms with Gasteiger partial charge in [-0.3, -0.25) is 9.59 Å². The molecular weight excluding hydrogens is 489 g/mol. The summed E-state index contributed by atoms with van der Waals surface area (Å²) in [4.78, 5) is 38.8. The van der Waals surface area contributed by atoms with Gasteiger partial charge in [-0.2, -0.15) is 18.2 Å². The highest BCUT2D eigenvalue weighted by molar-refractivity contribution is 5.98. The predicted octanol–water partition coefficient (Wildman–Crippen LogP) is 3.62. The zero-order chi connectivity index (χ0) is 26.9. The Labute approximate surface area is 213 Å². The van der Waals surface area contributed by atoms with Crippen LogP contribution in [-0.4, -0.2) is 76.6 Å². The van der Waals surface area contributed by atoms with E-state index in [1.165, 1.54) is 31.2 Å². The fourth-order valence-electron chi connectivity index (χ4n) is 4.49. The van der Waals surface area contributed by atoms with Crippen LogP contribution in [0.15, 0.2) is 24.3 Å². The van der Waals surface area contributed by atoms with Crippen molar-refractivity contribution in [3.63, 3.8) is 0 Å². The standard InChI is InChI=1S/C25H31F3N6O3/c1-5-37-18-8-6-17(7-9-18)21(25(26,27)28)30-22-19-14-34(15(2)3)23(36)20(19)29-24(31-22)33-12-10-32(11-13-33)16(4)35/h6-9,15,21H,5,10-14H2,1-4H3,(H,29,30,31)/t21-/m1/s1. The van der Waals surface area contributed by atoms with Crippen molar-refractivity contribution in [2.45, 2.75) is 52.5 Å². The zero-order valence-electron chi connectivity index (χ0n) is 21.3. The van der Waals surface area contributed by atoms with Crippen molar-refractivity contribution in [2.75, 3.05) is 43.0 Å². The van der Waals surface area contributed by atoms with Crippen molar-refractivity contribution >= 4 is 23.6 Å². The summed E-state index contributed by atoms with van der Waals surface area (Å²) in [6.45, 7) is 9.14. The maximum atomic E-state index is 14.3. The number of nitrogens with zero attached hydrogens (tertiary/aromatic N) is 5. The molecular formula is C25H31F3N6O3. The number of alkyl halides is 3. The van der Waals surface area contributed by atoms with Crippen LogP contribution < -0.4 is 15.0 Å². The molecule has 0 saturated carbocycles. The van der Waals surface area contributed by atoms with Gasteiger partial charge >= 0.3 is 6.18 Å². The number of carbonyl (C=O) groups is 2. The van der Waals surface area contributed by atoms with Crippen molar-refractivity contribution in [3.8, 4) is 5.75 Å². The topological polar surface area (TPSA) is 90.9 Å². The first-order chi connectivity index (χ1) is 17.5. The molecule has 1 fully saturated rings. The van der Waals surface area contributed by atoms with E-state index in [0.29, 0.717) is 44.1 Å². The van der Waals surface area contributed by atoms with Crippen molar-refractivity contribution < 1.29 is 27.5 Å². The maximum Gasteiger partial charge on any atom is 0.412 e. The number of amides is 2. The molecule has 0 radical (unpaired) electrons. The first-order valence-electron chi connectivity index (χ1n) is 12.3. The summed E-state index contributed by atoms with van der Waals surface area (Å²) in [5.74, 6) is 0.213. The van der Waals surface area contributed by atoms with Crippen LogP contribution in [0.1, 0.15) is 55.4 Å². The SMILES string of the molecule is CCOc1ccc([C@@H](Nc2nc(N3CCN(C(C)=O)CC3)nc3c2CN(C(C)C)C3=O)C(F)(F)F)cc1. The lowest BCUT2D eigenvalue weighted by Gasteiger charge is -2.34. The average molecular weight is 521 g/mol. The fourth-order valence-corrected chi connectivity index (χ4v) is 4.49. The van der Waals surface area contributed by atoms with Gasteiger partial charge in [-0.05, 0) is 38.5 Å². The molecule has 2 aromatic rings. The Hall–Kier alpha value is -3.57. The molecule has 2 aliphatic heterocycles. The second kappa shape index (κ2) is 10.4. The van der Waals surface area contributed by atoms with Crippen LogP contribution >= 0.6 is 0 Å². The number of fused-ring (bicyclic) bond motifs is 1. The maximum absolute atomic E-state index is 14.3. The summed E-state index contributed by atoms with van der Waals surface area (Å²) >= 11 is 0. The Morgan fingerprint density at radius 1 is 1.11 bits per heavy atom. The van der Waals surface area contributed by atoms with E-state index in [0.717, 1.165) is 0 Å². The van der Waals surface area contributed by atoms with E-state index in [2.05, 4.69) is 15.3 Å². The molecule has 1 N–H and O–H groups in total. The van der Waals surface area contributed by atoms with Gasteiger partial charge in [0.05, 0.1) is 13.2 Å². The second-order valence-electron chi connectivity index (χ2n) is 9.34. The number of piperazine rings is 1. The summed E-state index contributed by atoms with van der Waals surface area (Å²) in [5, 5.41) is 2.59. The number of rotatable bonds is 7. The molecule has 0 spiro atoms. The molecule has 1 saturated heterocycles. The number of nitrogens with one attached hydrogen (secondary N) is 1. The van der Waals surface area contributed by atoms with Crippen LogP contribution in [-0.2, 0) is 11.3 Å². The van der Waals surface area contributed by atoms with Gasteiger partial charge in [-0.1, -0.05) is 12.1 Å². The van der Waals surface area contributed by atoms with Crippen molar-refractivity contribution in [2.24, 2.45) is 0 Å². The minimum absolute atomic E-state index is 0.00928. The zero-order valence-corrected chi connectivity index (χ0v) is 21.3. The van der Waals surface area contributed by atoms with Crippen LogP contribution in [0.3, 0.4) is 0 Å². The van der Waals surface area contributed by atoms with E-state index in [-0.39, 0.29) is 47.4 Å². The molecule has 1 aromatic carbocycles. The van der Waals surface area contributed by atoms with Crippen LogP contribution in [0.2, 0.25) is 0 Å². The number of aromatic nitrogens is 2. The van der Waals surface area contributed by atoms with E-state index in [1.54, 1.807) is 21.6 Å². The number of hydrogen-bond donors (Lipinski definition) is 1. The molecule has 1 atom stereocenters. The van der Waals surface area contributed by atoms with Gasteiger partial charge in [0.1, 0.15) is 23.3 Å². The highest BCUT2D eigenvalue weighted by Crippen LogP contribution is 2.39. The van der Waals surface area contributed by atoms with Gasteiger partial charge < -0.3 is 24.8 Å². The number of halogens is 3.